The number of rotatable bonds is 3. The molecule has 1 aromatic rings. The van der Waals surface area contributed by atoms with Crippen LogP contribution in [0.15, 0.2) is 16.0 Å². The van der Waals surface area contributed by atoms with E-state index in [1.165, 1.54) is 17.8 Å². The fourth-order valence-electron chi connectivity index (χ4n) is 2.98. The molecule has 2 fully saturated rings. The van der Waals surface area contributed by atoms with Gasteiger partial charge in [0.1, 0.15) is 0 Å². The number of H-pyrrole nitrogens is 1. The molecule has 0 radical (unpaired) electrons. The lowest BCUT2D eigenvalue weighted by molar-refractivity contribution is -0.130. The van der Waals surface area contributed by atoms with Crippen molar-refractivity contribution in [2.24, 2.45) is 5.92 Å². The van der Waals surface area contributed by atoms with Gasteiger partial charge >= 0.3 is 0 Å². The van der Waals surface area contributed by atoms with Crippen molar-refractivity contribution in [1.82, 2.24) is 20.2 Å². The number of amides is 2. The van der Waals surface area contributed by atoms with E-state index in [1.54, 1.807) is 11.8 Å². The molecule has 118 valence electrons. The van der Waals surface area contributed by atoms with Gasteiger partial charge in [0.2, 0.25) is 11.8 Å². The van der Waals surface area contributed by atoms with Crippen LogP contribution in [0.25, 0.3) is 0 Å². The number of carbonyl (C=O) groups excluding carboxylic acids is 2. The molecule has 0 unspecified atom stereocenters. The van der Waals surface area contributed by atoms with Crippen molar-refractivity contribution < 1.29 is 9.59 Å². The summed E-state index contributed by atoms with van der Waals surface area (Å²) in [6, 6.07) is 1.51. The highest BCUT2D eigenvalue weighted by Gasteiger charge is 2.37. The molecule has 2 amide bonds. The van der Waals surface area contributed by atoms with Crippen LogP contribution in [0.5, 0.6) is 0 Å². The zero-order valence-corrected chi connectivity index (χ0v) is 13.1. The van der Waals surface area contributed by atoms with Gasteiger partial charge in [-0.3, -0.25) is 14.4 Å². The molecule has 1 aromatic heterocycles. The van der Waals surface area contributed by atoms with Crippen LogP contribution in [-0.4, -0.2) is 51.6 Å². The SMILES string of the molecule is Cc1cc(=O)[nH]c(SCC(=O)N2CC[C@@H]3CC(=O)N[C@@H]3C2)n1. The van der Waals surface area contributed by atoms with Crippen molar-refractivity contribution >= 4 is 23.6 Å². The Kier molecular flexibility index (Phi) is 4.19. The Morgan fingerprint density at radius 1 is 1.50 bits per heavy atom. The second kappa shape index (κ2) is 6.12. The second-order valence-electron chi connectivity index (χ2n) is 5.75. The lowest BCUT2D eigenvalue weighted by atomic mass is 9.92. The Labute approximate surface area is 131 Å². The van der Waals surface area contributed by atoms with Crippen molar-refractivity contribution in [3.8, 4) is 0 Å². The molecule has 0 aromatic carbocycles. The predicted molar refractivity (Wildman–Crippen MR) is 81.6 cm³/mol. The zero-order chi connectivity index (χ0) is 15.7. The molecular formula is C14H18N4O3S. The first-order valence-corrected chi connectivity index (χ1v) is 8.28. The number of fused-ring (bicyclic) bond motifs is 1. The Hall–Kier alpha value is -1.83. The normalized spacial score (nSPS) is 24.0. The Balaban J connectivity index is 1.56. The second-order valence-corrected chi connectivity index (χ2v) is 6.71. The third-order valence-corrected chi connectivity index (χ3v) is 4.94. The molecule has 2 saturated heterocycles. The molecule has 8 heteroatoms. The van der Waals surface area contributed by atoms with Gasteiger partial charge in [-0.15, -0.1) is 0 Å². The number of hydrogen-bond acceptors (Lipinski definition) is 5. The first-order valence-electron chi connectivity index (χ1n) is 7.29. The number of hydrogen-bond donors (Lipinski definition) is 2. The predicted octanol–water partition coefficient (Wildman–Crippen LogP) is -0.0926. The molecule has 7 nitrogen and oxygen atoms in total. The number of carbonyl (C=O) groups is 2. The maximum atomic E-state index is 12.3. The topological polar surface area (TPSA) is 95.2 Å². The summed E-state index contributed by atoms with van der Waals surface area (Å²) in [5.41, 5.74) is 0.421. The summed E-state index contributed by atoms with van der Waals surface area (Å²) in [7, 11) is 0. The van der Waals surface area contributed by atoms with Gasteiger partial charge in [-0.2, -0.15) is 0 Å². The van der Waals surface area contributed by atoms with Gasteiger partial charge in [0.25, 0.3) is 5.56 Å². The maximum Gasteiger partial charge on any atom is 0.251 e. The highest BCUT2D eigenvalue weighted by molar-refractivity contribution is 7.99. The quantitative estimate of drug-likeness (QED) is 0.599. The summed E-state index contributed by atoms with van der Waals surface area (Å²) >= 11 is 1.23. The number of likely N-dealkylation sites (tertiary alicyclic amines) is 1. The zero-order valence-electron chi connectivity index (χ0n) is 12.3. The fourth-order valence-corrected chi connectivity index (χ4v) is 3.80. The molecule has 22 heavy (non-hydrogen) atoms. The van der Waals surface area contributed by atoms with Crippen LogP contribution in [0.1, 0.15) is 18.5 Å². The van der Waals surface area contributed by atoms with Crippen molar-refractivity contribution in [2.45, 2.75) is 31.0 Å². The first-order chi connectivity index (χ1) is 10.5. The minimum atomic E-state index is -0.211. The minimum absolute atomic E-state index is 0.00811. The number of aromatic amines is 1. The van der Waals surface area contributed by atoms with Crippen molar-refractivity contribution in [3.05, 3.63) is 22.1 Å². The number of aromatic nitrogens is 2. The van der Waals surface area contributed by atoms with E-state index in [0.717, 1.165) is 6.42 Å². The van der Waals surface area contributed by atoms with E-state index in [2.05, 4.69) is 15.3 Å². The summed E-state index contributed by atoms with van der Waals surface area (Å²) in [6.45, 7) is 3.01. The standard InChI is InChI=1S/C14H18N4O3S/c1-8-4-11(19)17-14(15-8)22-7-13(21)18-3-2-9-5-12(20)16-10(9)6-18/h4,9-10H,2-3,5-7H2,1H3,(H,16,20)(H,15,17,19)/t9-,10-/m1/s1. The van der Waals surface area contributed by atoms with Gasteiger partial charge in [-0.25, -0.2) is 4.98 Å². The van der Waals surface area contributed by atoms with E-state index < -0.39 is 0 Å². The smallest absolute Gasteiger partial charge is 0.251 e. The molecule has 2 N–H and O–H groups in total. The van der Waals surface area contributed by atoms with Gasteiger partial charge in [0.15, 0.2) is 5.16 Å². The van der Waals surface area contributed by atoms with Gasteiger partial charge in [0.05, 0.1) is 5.75 Å². The van der Waals surface area contributed by atoms with Crippen LogP contribution in [0, 0.1) is 12.8 Å². The lowest BCUT2D eigenvalue weighted by Gasteiger charge is -2.34. The number of piperidine rings is 1. The van der Waals surface area contributed by atoms with Crippen molar-refractivity contribution in [2.75, 3.05) is 18.8 Å². The highest BCUT2D eigenvalue weighted by atomic mass is 32.2. The Bertz CT molecular complexity index is 660. The van der Waals surface area contributed by atoms with Gasteiger partial charge in [0, 0.05) is 37.3 Å². The third-order valence-electron chi connectivity index (χ3n) is 4.08. The first kappa shape index (κ1) is 15.1. The molecule has 2 aliphatic rings. The summed E-state index contributed by atoms with van der Waals surface area (Å²) < 4.78 is 0. The van der Waals surface area contributed by atoms with E-state index >= 15 is 0 Å². The monoisotopic (exact) mass is 322 g/mol. The van der Waals surface area contributed by atoms with E-state index in [-0.39, 0.29) is 29.2 Å². The van der Waals surface area contributed by atoms with Gasteiger partial charge in [-0.1, -0.05) is 11.8 Å². The Morgan fingerprint density at radius 2 is 2.32 bits per heavy atom. The number of nitrogens with one attached hydrogen (secondary N) is 2. The van der Waals surface area contributed by atoms with Crippen LogP contribution < -0.4 is 10.9 Å². The molecule has 0 saturated carbocycles. The largest absolute Gasteiger partial charge is 0.351 e. The molecule has 2 aliphatic heterocycles. The molecule has 2 atom stereocenters. The average Bonchev–Trinajstić information content (AvgIpc) is 2.82. The van der Waals surface area contributed by atoms with Crippen LogP contribution in [0.3, 0.4) is 0 Å². The number of nitrogens with zero attached hydrogens (tertiary/aromatic N) is 2. The summed E-state index contributed by atoms with van der Waals surface area (Å²) in [5.74, 6) is 0.686. The van der Waals surface area contributed by atoms with Crippen molar-refractivity contribution in [3.63, 3.8) is 0 Å². The molecule has 0 aliphatic carbocycles. The van der Waals surface area contributed by atoms with E-state index in [0.29, 0.717) is 36.3 Å². The summed E-state index contributed by atoms with van der Waals surface area (Å²) in [6.07, 6.45) is 1.44. The van der Waals surface area contributed by atoms with E-state index in [9.17, 15) is 14.4 Å². The maximum absolute atomic E-state index is 12.3. The number of aryl methyl sites for hydroxylation is 1. The summed E-state index contributed by atoms with van der Waals surface area (Å²) in [5, 5.41) is 3.39. The van der Waals surface area contributed by atoms with Crippen LogP contribution in [0.4, 0.5) is 0 Å². The molecular weight excluding hydrogens is 304 g/mol. The molecule has 3 rings (SSSR count). The van der Waals surface area contributed by atoms with Crippen molar-refractivity contribution in [1.29, 1.82) is 0 Å². The minimum Gasteiger partial charge on any atom is -0.351 e. The van der Waals surface area contributed by atoms with Crippen LogP contribution in [-0.2, 0) is 9.59 Å². The fraction of sp³-hybridized carbons (Fsp3) is 0.571. The molecule has 0 bridgehead atoms. The van der Waals surface area contributed by atoms with Crippen LogP contribution in [0.2, 0.25) is 0 Å². The van der Waals surface area contributed by atoms with E-state index in [1.807, 2.05) is 0 Å². The molecule has 3 heterocycles. The lowest BCUT2D eigenvalue weighted by Crippen LogP contribution is -2.49. The molecule has 0 spiro atoms. The third kappa shape index (κ3) is 3.32. The van der Waals surface area contributed by atoms with E-state index in [4.69, 9.17) is 0 Å². The van der Waals surface area contributed by atoms with Gasteiger partial charge in [-0.05, 0) is 19.3 Å². The highest BCUT2D eigenvalue weighted by Crippen LogP contribution is 2.26. The van der Waals surface area contributed by atoms with Gasteiger partial charge < -0.3 is 15.2 Å². The van der Waals surface area contributed by atoms with Crippen LogP contribution >= 0.6 is 11.8 Å². The average molecular weight is 322 g/mol. The summed E-state index contributed by atoms with van der Waals surface area (Å²) in [4.78, 5) is 43.6. The Morgan fingerprint density at radius 3 is 3.09 bits per heavy atom. The number of thioether (sulfide) groups is 1.